The van der Waals surface area contributed by atoms with Gasteiger partial charge in [-0.3, -0.25) is 4.79 Å². The van der Waals surface area contributed by atoms with Crippen molar-refractivity contribution in [3.63, 3.8) is 0 Å². The minimum absolute atomic E-state index is 0.260. The van der Waals surface area contributed by atoms with Crippen molar-refractivity contribution in [1.29, 1.82) is 0 Å². The highest BCUT2D eigenvalue weighted by Crippen LogP contribution is 2.21. The first-order valence-corrected chi connectivity index (χ1v) is 6.42. The zero-order chi connectivity index (χ0) is 12.4. The lowest BCUT2D eigenvalue weighted by molar-refractivity contribution is -0.141. The van der Waals surface area contributed by atoms with Gasteiger partial charge in [0.2, 0.25) is 0 Å². The van der Waals surface area contributed by atoms with E-state index in [1.165, 1.54) is 11.2 Å². The van der Waals surface area contributed by atoms with Crippen LogP contribution in [-0.2, 0) is 4.79 Å². The van der Waals surface area contributed by atoms with E-state index in [4.69, 9.17) is 9.52 Å². The highest BCUT2D eigenvalue weighted by atomic mass is 32.2. The zero-order valence-corrected chi connectivity index (χ0v) is 10.2. The summed E-state index contributed by atoms with van der Waals surface area (Å²) in [4.78, 5) is 24.7. The monoisotopic (exact) mass is 255 g/mol. The number of aryl methyl sites for hydroxylation is 1. The number of thioether (sulfide) groups is 1. The molecule has 17 heavy (non-hydrogen) atoms. The molecule has 1 aromatic heterocycles. The van der Waals surface area contributed by atoms with Gasteiger partial charge in [0.1, 0.15) is 11.8 Å². The minimum atomic E-state index is -0.952. The Morgan fingerprint density at radius 3 is 2.94 bits per heavy atom. The summed E-state index contributed by atoms with van der Waals surface area (Å²) in [7, 11) is 0. The summed E-state index contributed by atoms with van der Waals surface area (Å²) >= 11 is 1.56. The summed E-state index contributed by atoms with van der Waals surface area (Å²) in [6.07, 6.45) is 1.44. The van der Waals surface area contributed by atoms with E-state index in [1.807, 2.05) is 0 Å². The number of carboxylic acids is 1. The van der Waals surface area contributed by atoms with Crippen LogP contribution < -0.4 is 0 Å². The van der Waals surface area contributed by atoms with Crippen molar-refractivity contribution < 1.29 is 19.1 Å². The van der Waals surface area contributed by atoms with Crippen LogP contribution in [0.4, 0.5) is 0 Å². The fourth-order valence-corrected chi connectivity index (χ4v) is 2.85. The Morgan fingerprint density at radius 1 is 1.59 bits per heavy atom. The van der Waals surface area contributed by atoms with Crippen molar-refractivity contribution in [3.8, 4) is 0 Å². The molecule has 6 heteroatoms. The molecule has 5 nitrogen and oxygen atoms in total. The van der Waals surface area contributed by atoms with E-state index in [-0.39, 0.29) is 5.91 Å². The average Bonchev–Trinajstić information content (AvgIpc) is 2.74. The van der Waals surface area contributed by atoms with E-state index < -0.39 is 12.0 Å². The Hall–Kier alpha value is -1.43. The summed E-state index contributed by atoms with van der Waals surface area (Å²) in [6, 6.07) is 0.841. The summed E-state index contributed by atoms with van der Waals surface area (Å²) in [5.74, 6) is 0.526. The molecule has 1 fully saturated rings. The van der Waals surface area contributed by atoms with E-state index in [0.29, 0.717) is 23.6 Å². The van der Waals surface area contributed by atoms with Crippen LogP contribution in [0.25, 0.3) is 0 Å². The van der Waals surface area contributed by atoms with Gasteiger partial charge in [-0.1, -0.05) is 0 Å². The predicted molar refractivity (Wildman–Crippen MR) is 63.2 cm³/mol. The Labute approximate surface area is 103 Å². The Balaban J connectivity index is 2.23. The Bertz CT molecular complexity index is 442. The van der Waals surface area contributed by atoms with Gasteiger partial charge >= 0.3 is 5.97 Å². The number of carbonyl (C=O) groups excluding carboxylic acids is 1. The predicted octanol–water partition coefficient (Wildman–Crippen LogP) is 1.23. The summed E-state index contributed by atoms with van der Waals surface area (Å²) < 4.78 is 5.07. The molecule has 2 heterocycles. The zero-order valence-electron chi connectivity index (χ0n) is 9.38. The average molecular weight is 255 g/mol. The molecule has 1 atom stereocenters. The first-order chi connectivity index (χ1) is 8.11. The van der Waals surface area contributed by atoms with Crippen molar-refractivity contribution >= 4 is 23.6 Å². The van der Waals surface area contributed by atoms with Crippen molar-refractivity contribution in [2.45, 2.75) is 13.0 Å². The molecule has 0 spiro atoms. The van der Waals surface area contributed by atoms with Gasteiger partial charge in [-0.15, -0.1) is 0 Å². The molecule has 0 aromatic carbocycles. The molecular weight excluding hydrogens is 242 g/mol. The van der Waals surface area contributed by atoms with Gasteiger partial charge in [0.25, 0.3) is 5.91 Å². The summed E-state index contributed by atoms with van der Waals surface area (Å²) in [5.41, 5.74) is 0.447. The number of carbonyl (C=O) groups is 2. The highest BCUT2D eigenvalue weighted by Gasteiger charge is 2.33. The standard InChI is InChI=1S/C11H13NO4S/c1-7-8(2-4-16-7)10(13)12-3-5-17-6-9(12)11(14)15/h2,4,9H,3,5-6H2,1H3,(H,14,15). The molecule has 1 amide bonds. The number of carboxylic acid groups (broad SMARTS) is 1. The maximum absolute atomic E-state index is 12.2. The molecule has 1 aliphatic heterocycles. The van der Waals surface area contributed by atoms with Gasteiger partial charge in [-0.05, 0) is 13.0 Å². The van der Waals surface area contributed by atoms with Crippen molar-refractivity contribution in [1.82, 2.24) is 4.90 Å². The third kappa shape index (κ3) is 2.31. The maximum atomic E-state index is 12.2. The maximum Gasteiger partial charge on any atom is 0.327 e. The van der Waals surface area contributed by atoms with Crippen molar-refractivity contribution in [2.75, 3.05) is 18.1 Å². The van der Waals surface area contributed by atoms with E-state index in [0.717, 1.165) is 5.75 Å². The molecule has 1 saturated heterocycles. The van der Waals surface area contributed by atoms with E-state index in [2.05, 4.69) is 0 Å². The molecule has 0 saturated carbocycles. The Kier molecular flexibility index (Phi) is 3.42. The topological polar surface area (TPSA) is 70.8 Å². The molecule has 0 radical (unpaired) electrons. The van der Waals surface area contributed by atoms with Crippen molar-refractivity contribution in [2.24, 2.45) is 0 Å². The van der Waals surface area contributed by atoms with Gasteiger partial charge in [0, 0.05) is 18.1 Å². The molecule has 1 aromatic rings. The molecule has 0 aliphatic carbocycles. The number of hydrogen-bond acceptors (Lipinski definition) is 4. The number of aliphatic carboxylic acids is 1. The third-order valence-electron chi connectivity index (χ3n) is 2.76. The number of hydrogen-bond donors (Lipinski definition) is 1. The quantitative estimate of drug-likeness (QED) is 0.860. The second-order valence-corrected chi connectivity index (χ2v) is 4.97. The number of rotatable bonds is 2. The summed E-state index contributed by atoms with van der Waals surface area (Å²) in [6.45, 7) is 2.16. The largest absolute Gasteiger partial charge is 0.480 e. The van der Waals surface area contributed by atoms with Gasteiger partial charge in [-0.2, -0.15) is 11.8 Å². The first kappa shape index (κ1) is 12.0. The molecule has 2 rings (SSSR count). The lowest BCUT2D eigenvalue weighted by atomic mass is 10.2. The number of furan rings is 1. The molecule has 92 valence electrons. The van der Waals surface area contributed by atoms with Gasteiger partial charge in [0.05, 0.1) is 11.8 Å². The fourth-order valence-electron chi connectivity index (χ4n) is 1.81. The van der Waals surface area contributed by atoms with Crippen LogP contribution in [0.1, 0.15) is 16.1 Å². The van der Waals surface area contributed by atoms with Crippen LogP contribution in [0.5, 0.6) is 0 Å². The van der Waals surface area contributed by atoms with Gasteiger partial charge in [-0.25, -0.2) is 4.79 Å². The smallest absolute Gasteiger partial charge is 0.327 e. The lowest BCUT2D eigenvalue weighted by Crippen LogP contribution is -2.50. The normalized spacial score (nSPS) is 20.3. The molecule has 1 aliphatic rings. The fraction of sp³-hybridized carbons (Fsp3) is 0.455. The molecular formula is C11H13NO4S. The van der Waals surface area contributed by atoms with Crippen LogP contribution in [0.15, 0.2) is 16.7 Å². The van der Waals surface area contributed by atoms with E-state index in [1.54, 1.807) is 24.8 Å². The second-order valence-electron chi connectivity index (χ2n) is 3.82. The first-order valence-electron chi connectivity index (χ1n) is 5.27. The van der Waals surface area contributed by atoms with Crippen LogP contribution in [-0.4, -0.2) is 46.0 Å². The van der Waals surface area contributed by atoms with Crippen LogP contribution >= 0.6 is 11.8 Å². The SMILES string of the molecule is Cc1occc1C(=O)N1CCSCC1C(=O)O. The van der Waals surface area contributed by atoms with E-state index >= 15 is 0 Å². The lowest BCUT2D eigenvalue weighted by Gasteiger charge is -2.32. The third-order valence-corrected chi connectivity index (χ3v) is 3.79. The molecule has 0 bridgehead atoms. The number of amides is 1. The highest BCUT2D eigenvalue weighted by molar-refractivity contribution is 7.99. The second kappa shape index (κ2) is 4.83. The minimum Gasteiger partial charge on any atom is -0.480 e. The van der Waals surface area contributed by atoms with Gasteiger partial charge < -0.3 is 14.4 Å². The molecule has 1 unspecified atom stereocenters. The number of nitrogens with zero attached hydrogens (tertiary/aromatic N) is 1. The van der Waals surface area contributed by atoms with Crippen molar-refractivity contribution in [3.05, 3.63) is 23.7 Å². The summed E-state index contributed by atoms with van der Waals surface area (Å²) in [5, 5.41) is 9.09. The van der Waals surface area contributed by atoms with Crippen LogP contribution in [0.2, 0.25) is 0 Å². The molecule has 1 N–H and O–H groups in total. The Morgan fingerprint density at radius 2 is 2.35 bits per heavy atom. The van der Waals surface area contributed by atoms with Crippen LogP contribution in [0, 0.1) is 6.92 Å². The van der Waals surface area contributed by atoms with E-state index in [9.17, 15) is 9.59 Å². The van der Waals surface area contributed by atoms with Crippen LogP contribution in [0.3, 0.4) is 0 Å². The van der Waals surface area contributed by atoms with Gasteiger partial charge in [0.15, 0.2) is 0 Å².